The highest BCUT2D eigenvalue weighted by atomic mass is 16.1. The van der Waals surface area contributed by atoms with Crippen molar-refractivity contribution < 1.29 is 4.79 Å². The van der Waals surface area contributed by atoms with Crippen molar-refractivity contribution in [2.24, 2.45) is 0 Å². The molecule has 0 saturated carbocycles. The molecule has 0 aliphatic heterocycles. The van der Waals surface area contributed by atoms with E-state index in [2.05, 4.69) is 26.0 Å². The minimum absolute atomic E-state index is 0.341. The van der Waals surface area contributed by atoms with Crippen LogP contribution in [0.2, 0.25) is 0 Å². The molecular weight excluding hydrogens is 172 g/mol. The summed E-state index contributed by atoms with van der Waals surface area (Å²) in [5, 5.41) is 0. The van der Waals surface area contributed by atoms with E-state index in [0.717, 1.165) is 24.0 Å². The summed E-state index contributed by atoms with van der Waals surface area (Å²) in [6.45, 7) is 6.31. The van der Waals surface area contributed by atoms with Gasteiger partial charge in [0.2, 0.25) is 0 Å². The van der Waals surface area contributed by atoms with Gasteiger partial charge in [-0.3, -0.25) is 4.79 Å². The Morgan fingerprint density at radius 3 is 2.57 bits per heavy atom. The molecule has 1 unspecified atom stereocenters. The summed E-state index contributed by atoms with van der Waals surface area (Å²) >= 11 is 0. The molecule has 14 heavy (non-hydrogen) atoms. The predicted octanol–water partition coefficient (Wildman–Crippen LogP) is 3.38. The monoisotopic (exact) mass is 188 g/mol. The molecule has 0 bridgehead atoms. The van der Waals surface area contributed by atoms with Crippen LogP contribution in [0.4, 0.5) is 0 Å². The molecule has 1 aliphatic rings. The molecule has 1 atom stereocenters. The quantitative estimate of drug-likeness (QED) is 0.660. The Kier molecular flexibility index (Phi) is 2.18. The first kappa shape index (κ1) is 9.45. The van der Waals surface area contributed by atoms with Gasteiger partial charge in [0, 0.05) is 12.0 Å². The number of aryl methyl sites for hydroxylation is 2. The Bertz CT molecular complexity index is 390. The molecule has 0 fully saturated rings. The Morgan fingerprint density at radius 2 is 1.93 bits per heavy atom. The fourth-order valence-electron chi connectivity index (χ4n) is 2.51. The highest BCUT2D eigenvalue weighted by molar-refractivity contribution is 6.03. The molecule has 1 aromatic rings. The van der Waals surface area contributed by atoms with E-state index in [1.807, 2.05) is 6.92 Å². The van der Waals surface area contributed by atoms with Crippen LogP contribution < -0.4 is 0 Å². The lowest BCUT2D eigenvalue weighted by Gasteiger charge is -2.11. The zero-order valence-electron chi connectivity index (χ0n) is 9.05. The van der Waals surface area contributed by atoms with Crippen LogP contribution in [0.15, 0.2) is 12.1 Å². The fourth-order valence-corrected chi connectivity index (χ4v) is 2.51. The lowest BCUT2D eigenvalue weighted by molar-refractivity contribution is 0.0988. The van der Waals surface area contributed by atoms with E-state index in [4.69, 9.17) is 0 Å². The van der Waals surface area contributed by atoms with E-state index in [1.54, 1.807) is 0 Å². The van der Waals surface area contributed by atoms with Gasteiger partial charge < -0.3 is 0 Å². The summed E-state index contributed by atoms with van der Waals surface area (Å²) in [4.78, 5) is 11.8. The molecule has 0 N–H and O–H groups in total. The van der Waals surface area contributed by atoms with Crippen molar-refractivity contribution in [3.05, 3.63) is 34.4 Å². The van der Waals surface area contributed by atoms with Gasteiger partial charge in [-0.1, -0.05) is 19.1 Å². The molecule has 0 saturated heterocycles. The largest absolute Gasteiger partial charge is 0.294 e. The van der Waals surface area contributed by atoms with Crippen LogP contribution in [-0.4, -0.2) is 5.78 Å². The molecule has 1 nitrogen and oxygen atoms in total. The average Bonchev–Trinajstić information content (AvgIpc) is 2.50. The molecule has 0 spiro atoms. The van der Waals surface area contributed by atoms with Gasteiger partial charge in [-0.25, -0.2) is 0 Å². The molecule has 74 valence electrons. The highest BCUT2D eigenvalue weighted by Crippen LogP contribution is 2.38. The van der Waals surface area contributed by atoms with Crippen LogP contribution in [0.25, 0.3) is 0 Å². The molecule has 0 amide bonds. The number of ketones is 1. The lowest BCUT2D eigenvalue weighted by atomic mass is 9.93. The summed E-state index contributed by atoms with van der Waals surface area (Å²) < 4.78 is 0. The first-order valence-electron chi connectivity index (χ1n) is 5.28. The third-order valence-corrected chi connectivity index (χ3v) is 3.28. The smallest absolute Gasteiger partial charge is 0.164 e. The zero-order valence-corrected chi connectivity index (χ0v) is 9.05. The summed E-state index contributed by atoms with van der Waals surface area (Å²) in [6, 6.07) is 4.19. The normalized spacial score (nSPS) is 19.9. The van der Waals surface area contributed by atoms with Gasteiger partial charge in [0.15, 0.2) is 5.78 Å². The van der Waals surface area contributed by atoms with E-state index in [9.17, 15) is 4.79 Å². The topological polar surface area (TPSA) is 17.1 Å². The summed E-state index contributed by atoms with van der Waals surface area (Å²) in [5.41, 5.74) is 4.75. The van der Waals surface area contributed by atoms with E-state index in [1.165, 1.54) is 11.1 Å². The van der Waals surface area contributed by atoms with Gasteiger partial charge in [0.25, 0.3) is 0 Å². The van der Waals surface area contributed by atoms with Gasteiger partial charge in [0.1, 0.15) is 0 Å². The molecule has 1 aromatic carbocycles. The van der Waals surface area contributed by atoms with E-state index < -0.39 is 0 Å². The van der Waals surface area contributed by atoms with Crippen LogP contribution in [0.3, 0.4) is 0 Å². The fraction of sp³-hybridized carbons (Fsp3) is 0.462. The van der Waals surface area contributed by atoms with Crippen LogP contribution in [0, 0.1) is 13.8 Å². The number of carbonyl (C=O) groups excluding carboxylic acids is 1. The minimum atomic E-state index is 0.341. The third-order valence-electron chi connectivity index (χ3n) is 3.28. The number of hydrogen-bond donors (Lipinski definition) is 0. The van der Waals surface area contributed by atoms with Gasteiger partial charge >= 0.3 is 0 Å². The molecule has 2 rings (SSSR count). The molecule has 0 radical (unpaired) electrons. The Balaban J connectivity index is 2.66. The Morgan fingerprint density at radius 1 is 1.29 bits per heavy atom. The first-order chi connectivity index (χ1) is 6.65. The second-order valence-corrected chi connectivity index (χ2v) is 4.22. The maximum Gasteiger partial charge on any atom is 0.164 e. The van der Waals surface area contributed by atoms with Gasteiger partial charge in [-0.05, 0) is 42.9 Å². The number of benzene rings is 1. The van der Waals surface area contributed by atoms with Crippen molar-refractivity contribution in [2.75, 3.05) is 0 Å². The molecule has 0 aromatic heterocycles. The van der Waals surface area contributed by atoms with Crippen molar-refractivity contribution in [3.63, 3.8) is 0 Å². The maximum atomic E-state index is 11.8. The average molecular weight is 188 g/mol. The number of Topliss-reactive ketones (excluding diaryl/α,β-unsaturated/α-hetero) is 1. The van der Waals surface area contributed by atoms with Gasteiger partial charge in [0.05, 0.1) is 0 Å². The molecule has 0 heterocycles. The molecule has 1 heteroatoms. The van der Waals surface area contributed by atoms with Crippen LogP contribution in [-0.2, 0) is 0 Å². The summed E-state index contributed by atoms with van der Waals surface area (Å²) in [7, 11) is 0. The third kappa shape index (κ3) is 1.19. The second-order valence-electron chi connectivity index (χ2n) is 4.22. The maximum absolute atomic E-state index is 11.8. The van der Waals surface area contributed by atoms with Crippen LogP contribution in [0.1, 0.15) is 52.7 Å². The molecule has 1 aliphatic carbocycles. The number of rotatable bonds is 1. The SMILES string of the molecule is CCC1CC(=O)c2c(C)ccc(C)c21. The summed E-state index contributed by atoms with van der Waals surface area (Å²) in [5.74, 6) is 0.811. The number of hydrogen-bond acceptors (Lipinski definition) is 1. The highest BCUT2D eigenvalue weighted by Gasteiger charge is 2.30. The lowest BCUT2D eigenvalue weighted by Crippen LogP contribution is -1.97. The minimum Gasteiger partial charge on any atom is -0.294 e. The van der Waals surface area contributed by atoms with Gasteiger partial charge in [-0.2, -0.15) is 0 Å². The van der Waals surface area contributed by atoms with Crippen molar-refractivity contribution in [1.29, 1.82) is 0 Å². The van der Waals surface area contributed by atoms with E-state index >= 15 is 0 Å². The van der Waals surface area contributed by atoms with Crippen molar-refractivity contribution in [2.45, 2.75) is 39.5 Å². The first-order valence-corrected chi connectivity index (χ1v) is 5.28. The van der Waals surface area contributed by atoms with Crippen LogP contribution in [0.5, 0.6) is 0 Å². The predicted molar refractivity (Wildman–Crippen MR) is 57.9 cm³/mol. The molecular formula is C13H16O. The van der Waals surface area contributed by atoms with Crippen molar-refractivity contribution >= 4 is 5.78 Å². The Hall–Kier alpha value is -1.11. The summed E-state index contributed by atoms with van der Waals surface area (Å²) in [6.07, 6.45) is 1.79. The van der Waals surface area contributed by atoms with Crippen molar-refractivity contribution in [1.82, 2.24) is 0 Å². The number of carbonyl (C=O) groups is 1. The number of fused-ring (bicyclic) bond motifs is 1. The van der Waals surface area contributed by atoms with Crippen LogP contribution >= 0.6 is 0 Å². The van der Waals surface area contributed by atoms with E-state index in [0.29, 0.717) is 11.7 Å². The zero-order chi connectivity index (χ0) is 10.3. The second kappa shape index (κ2) is 3.23. The Labute approximate surface area is 85.1 Å². The van der Waals surface area contributed by atoms with E-state index in [-0.39, 0.29) is 0 Å². The van der Waals surface area contributed by atoms with Gasteiger partial charge in [-0.15, -0.1) is 0 Å². The standard InChI is InChI=1S/C13H16O/c1-4-10-7-11(14)13-9(3)6-5-8(2)12(10)13/h5-6,10H,4,7H2,1-3H3. The van der Waals surface area contributed by atoms with Crippen molar-refractivity contribution in [3.8, 4) is 0 Å².